The molecule has 58 valence electrons. The molecule has 2 heterocycles. The summed E-state index contributed by atoms with van der Waals surface area (Å²) in [5.74, 6) is -0.302. The van der Waals surface area contributed by atoms with Gasteiger partial charge < -0.3 is 4.74 Å². The molecule has 0 aromatic heterocycles. The summed E-state index contributed by atoms with van der Waals surface area (Å²) in [4.78, 5) is 18.7. The van der Waals surface area contributed by atoms with Crippen LogP contribution in [0.5, 0.6) is 0 Å². The Morgan fingerprint density at radius 2 is 2.55 bits per heavy atom. The lowest BCUT2D eigenvalue weighted by Crippen LogP contribution is -2.35. The molecule has 4 heteroatoms. The number of aliphatic imine (C=N–C) groups is 2. The predicted molar refractivity (Wildman–Crippen MR) is 39.9 cm³/mol. The number of carbonyl (C=O) groups excluding carboxylic acids is 1. The monoisotopic (exact) mass is 152 g/mol. The highest BCUT2D eigenvalue weighted by atomic mass is 16.5. The molecular weight excluding hydrogens is 144 g/mol. The number of rotatable bonds is 0. The summed E-state index contributed by atoms with van der Waals surface area (Å²) in [6, 6.07) is 0. The second-order valence-electron chi connectivity index (χ2n) is 2.58. The van der Waals surface area contributed by atoms with Gasteiger partial charge in [-0.15, -0.1) is 0 Å². The van der Waals surface area contributed by atoms with E-state index < -0.39 is 0 Å². The molecular formula is C7H8N2O2. The first-order chi connectivity index (χ1) is 5.38. The van der Waals surface area contributed by atoms with E-state index in [4.69, 9.17) is 4.74 Å². The lowest BCUT2D eigenvalue weighted by Gasteiger charge is -2.22. The van der Waals surface area contributed by atoms with E-state index in [1.165, 1.54) is 6.34 Å². The Balaban J connectivity index is 2.25. The fourth-order valence-corrected chi connectivity index (χ4v) is 1.27. The second kappa shape index (κ2) is 2.54. The average Bonchev–Trinajstić information content (AvgIpc) is 2.06. The van der Waals surface area contributed by atoms with Gasteiger partial charge in [0, 0.05) is 12.1 Å². The van der Waals surface area contributed by atoms with Crippen LogP contribution in [0.25, 0.3) is 0 Å². The minimum absolute atomic E-state index is 0.116. The summed E-state index contributed by atoms with van der Waals surface area (Å²) in [6.45, 7) is 1.13. The maximum absolute atomic E-state index is 11.1. The fourth-order valence-electron chi connectivity index (χ4n) is 1.27. The molecule has 0 aliphatic carbocycles. The van der Waals surface area contributed by atoms with E-state index in [2.05, 4.69) is 9.98 Å². The van der Waals surface area contributed by atoms with E-state index in [0.717, 1.165) is 12.1 Å². The van der Waals surface area contributed by atoms with Gasteiger partial charge in [0.25, 0.3) is 5.91 Å². The number of nitrogens with zero attached hydrogens (tertiary/aromatic N) is 2. The first-order valence-electron chi connectivity index (χ1n) is 3.58. The van der Waals surface area contributed by atoms with Crippen molar-refractivity contribution >= 4 is 18.0 Å². The predicted octanol–water partition coefficient (Wildman–Crippen LogP) is 0.0324. The van der Waals surface area contributed by atoms with Crippen molar-refractivity contribution in [3.05, 3.63) is 0 Å². The molecule has 0 aromatic carbocycles. The second-order valence-corrected chi connectivity index (χ2v) is 2.58. The third kappa shape index (κ3) is 1.09. The van der Waals surface area contributed by atoms with Crippen LogP contribution in [0.4, 0.5) is 0 Å². The van der Waals surface area contributed by atoms with E-state index in [1.807, 2.05) is 0 Å². The van der Waals surface area contributed by atoms with Crippen LogP contribution in [-0.2, 0) is 9.53 Å². The highest BCUT2D eigenvalue weighted by Crippen LogP contribution is 2.15. The molecule has 2 rings (SSSR count). The van der Waals surface area contributed by atoms with Gasteiger partial charge in [-0.05, 0) is 0 Å². The molecule has 11 heavy (non-hydrogen) atoms. The third-order valence-corrected chi connectivity index (χ3v) is 1.90. The molecule has 0 spiro atoms. The van der Waals surface area contributed by atoms with Gasteiger partial charge in [-0.1, -0.05) is 0 Å². The molecule has 1 saturated heterocycles. The molecule has 0 saturated carbocycles. The molecule has 2 aliphatic heterocycles. The molecule has 0 aromatic rings. The van der Waals surface area contributed by atoms with Crippen LogP contribution >= 0.6 is 0 Å². The minimum atomic E-state index is -0.186. The van der Waals surface area contributed by atoms with Crippen molar-refractivity contribution in [3.63, 3.8) is 0 Å². The number of hydrogen-bond donors (Lipinski definition) is 0. The Labute approximate surface area is 64.0 Å². The quantitative estimate of drug-likeness (QED) is 0.491. The molecule has 0 unspecified atom stereocenters. The van der Waals surface area contributed by atoms with Gasteiger partial charge in [0.15, 0.2) is 0 Å². The van der Waals surface area contributed by atoms with E-state index in [1.54, 1.807) is 0 Å². The van der Waals surface area contributed by atoms with Gasteiger partial charge >= 0.3 is 0 Å². The Kier molecular flexibility index (Phi) is 1.54. The van der Waals surface area contributed by atoms with Crippen molar-refractivity contribution in [2.24, 2.45) is 15.9 Å². The van der Waals surface area contributed by atoms with Gasteiger partial charge in [-0.3, -0.25) is 4.79 Å². The molecule has 0 bridgehead atoms. The number of hydrogen-bond acceptors (Lipinski definition) is 3. The first kappa shape index (κ1) is 6.67. The average molecular weight is 152 g/mol. The summed E-state index contributed by atoms with van der Waals surface area (Å²) < 4.78 is 5.13. The van der Waals surface area contributed by atoms with Crippen LogP contribution in [-0.4, -0.2) is 31.2 Å². The van der Waals surface area contributed by atoms with Crippen molar-refractivity contribution in [2.75, 3.05) is 13.2 Å². The standard InChI is InChI=1S/C7H8N2O2/c10-7-5-3-11-2-1-6(5)8-4-9-7/h4-5H,1-3H2/t5-/m1/s1. The maximum Gasteiger partial charge on any atom is 0.258 e. The summed E-state index contributed by atoms with van der Waals surface area (Å²) >= 11 is 0. The number of ether oxygens (including phenoxy) is 1. The zero-order valence-electron chi connectivity index (χ0n) is 5.99. The Bertz CT molecular complexity index is 245. The van der Waals surface area contributed by atoms with Crippen molar-refractivity contribution in [2.45, 2.75) is 6.42 Å². The van der Waals surface area contributed by atoms with Crippen LogP contribution in [0.1, 0.15) is 6.42 Å². The minimum Gasteiger partial charge on any atom is -0.380 e. The summed E-state index contributed by atoms with van der Waals surface area (Å²) in [5.41, 5.74) is 0.927. The number of carbonyl (C=O) groups is 1. The Morgan fingerprint density at radius 3 is 3.36 bits per heavy atom. The summed E-state index contributed by atoms with van der Waals surface area (Å²) in [7, 11) is 0. The van der Waals surface area contributed by atoms with E-state index >= 15 is 0 Å². The van der Waals surface area contributed by atoms with Crippen molar-refractivity contribution < 1.29 is 9.53 Å². The van der Waals surface area contributed by atoms with Gasteiger partial charge in [-0.25, -0.2) is 9.98 Å². The number of amides is 1. The Hall–Kier alpha value is -1.03. The molecule has 2 aliphatic rings. The van der Waals surface area contributed by atoms with Crippen LogP contribution < -0.4 is 0 Å². The van der Waals surface area contributed by atoms with Gasteiger partial charge in [0.2, 0.25) is 0 Å². The molecule has 1 fully saturated rings. The highest BCUT2D eigenvalue weighted by molar-refractivity contribution is 6.12. The Morgan fingerprint density at radius 1 is 1.64 bits per heavy atom. The zero-order chi connectivity index (χ0) is 7.68. The largest absolute Gasteiger partial charge is 0.380 e. The van der Waals surface area contributed by atoms with E-state index in [9.17, 15) is 4.79 Å². The lowest BCUT2D eigenvalue weighted by atomic mass is 9.98. The van der Waals surface area contributed by atoms with Crippen molar-refractivity contribution in [3.8, 4) is 0 Å². The molecule has 0 N–H and O–H groups in total. The third-order valence-electron chi connectivity index (χ3n) is 1.90. The molecule has 1 atom stereocenters. The topological polar surface area (TPSA) is 51.0 Å². The van der Waals surface area contributed by atoms with Crippen LogP contribution in [0.2, 0.25) is 0 Å². The number of fused-ring (bicyclic) bond motifs is 1. The molecule has 1 amide bonds. The van der Waals surface area contributed by atoms with Crippen LogP contribution in [0.15, 0.2) is 9.98 Å². The van der Waals surface area contributed by atoms with E-state index in [0.29, 0.717) is 13.2 Å². The van der Waals surface area contributed by atoms with Gasteiger partial charge in [-0.2, -0.15) is 0 Å². The molecule has 0 radical (unpaired) electrons. The van der Waals surface area contributed by atoms with Crippen molar-refractivity contribution in [1.29, 1.82) is 0 Å². The fraction of sp³-hybridized carbons (Fsp3) is 0.571. The van der Waals surface area contributed by atoms with Gasteiger partial charge in [0.05, 0.1) is 13.2 Å². The summed E-state index contributed by atoms with van der Waals surface area (Å²) in [5, 5.41) is 0. The first-order valence-corrected chi connectivity index (χ1v) is 3.58. The van der Waals surface area contributed by atoms with Crippen LogP contribution in [0.3, 0.4) is 0 Å². The van der Waals surface area contributed by atoms with Gasteiger partial charge in [0.1, 0.15) is 12.3 Å². The lowest BCUT2D eigenvalue weighted by molar-refractivity contribution is -0.121. The highest BCUT2D eigenvalue weighted by Gasteiger charge is 2.28. The van der Waals surface area contributed by atoms with Crippen LogP contribution in [0, 0.1) is 5.92 Å². The van der Waals surface area contributed by atoms with Crippen molar-refractivity contribution in [1.82, 2.24) is 0 Å². The smallest absolute Gasteiger partial charge is 0.258 e. The van der Waals surface area contributed by atoms with E-state index in [-0.39, 0.29) is 11.8 Å². The zero-order valence-corrected chi connectivity index (χ0v) is 5.99. The SMILES string of the molecule is O=C1N=CN=C2CCOC[C@@H]12. The normalized spacial score (nSPS) is 29.6. The maximum atomic E-state index is 11.1. The molecule has 4 nitrogen and oxygen atoms in total. The summed E-state index contributed by atoms with van der Waals surface area (Å²) in [6.07, 6.45) is 2.10.